The number of nitrogens with one attached hydrogen (secondary N) is 1. The van der Waals surface area contributed by atoms with Gasteiger partial charge in [-0.3, -0.25) is 19.7 Å². The molecule has 0 bridgehead atoms. The minimum absolute atomic E-state index is 0.0239. The van der Waals surface area contributed by atoms with Crippen LogP contribution in [0.2, 0.25) is 0 Å². The lowest BCUT2D eigenvalue weighted by molar-refractivity contribution is -0.384. The van der Waals surface area contributed by atoms with Crippen LogP contribution in [-0.4, -0.2) is 37.8 Å². The van der Waals surface area contributed by atoms with Crippen molar-refractivity contribution in [2.75, 3.05) is 16.8 Å². The number of carbonyl (C=O) groups is 2. The summed E-state index contributed by atoms with van der Waals surface area (Å²) in [7, 11) is 0. The van der Waals surface area contributed by atoms with Gasteiger partial charge in [0.2, 0.25) is 5.91 Å². The number of nitrogens with zero attached hydrogens (tertiary/aromatic N) is 4. The van der Waals surface area contributed by atoms with Crippen molar-refractivity contribution < 1.29 is 14.5 Å². The molecule has 0 saturated carbocycles. The third-order valence-corrected chi connectivity index (χ3v) is 6.19. The number of nitro groups is 1. The number of nitro benzene ring substituents is 1. The van der Waals surface area contributed by atoms with Gasteiger partial charge in [-0.25, -0.2) is 4.98 Å². The smallest absolute Gasteiger partial charge is 0.270 e. The van der Waals surface area contributed by atoms with Gasteiger partial charge in [0.1, 0.15) is 0 Å². The van der Waals surface area contributed by atoms with Crippen molar-refractivity contribution in [1.82, 2.24) is 9.55 Å². The van der Waals surface area contributed by atoms with E-state index in [9.17, 15) is 19.7 Å². The Hall–Kier alpha value is -2.83. The predicted molar refractivity (Wildman–Crippen MR) is 115 cm³/mol. The van der Waals surface area contributed by atoms with Crippen molar-refractivity contribution in [3.05, 3.63) is 57.3 Å². The molecule has 150 valence electrons. The molecule has 0 unspecified atom stereocenters. The largest absolute Gasteiger partial charge is 0.312 e. The number of hydrogen-bond donors (Lipinski definition) is 1. The van der Waals surface area contributed by atoms with Crippen LogP contribution in [0.25, 0.3) is 10.2 Å². The molecule has 3 rings (SSSR count). The first-order valence-corrected chi connectivity index (χ1v) is 11.1. The van der Waals surface area contributed by atoms with Gasteiger partial charge in [-0.15, -0.1) is 29.7 Å². The van der Waals surface area contributed by atoms with Crippen molar-refractivity contribution in [2.24, 2.45) is 4.99 Å². The van der Waals surface area contributed by atoms with Crippen LogP contribution >= 0.6 is 34.4 Å². The first-order valence-electron chi connectivity index (χ1n) is 8.21. The number of aromatic nitrogens is 2. The Balaban J connectivity index is 1.71. The Morgan fingerprint density at radius 1 is 1.41 bits per heavy atom. The summed E-state index contributed by atoms with van der Waals surface area (Å²) < 4.78 is 2.43. The molecule has 2 heterocycles. The molecule has 3 aromatic rings. The van der Waals surface area contributed by atoms with Gasteiger partial charge >= 0.3 is 0 Å². The van der Waals surface area contributed by atoms with Gasteiger partial charge < -0.3 is 9.88 Å². The third-order valence-electron chi connectivity index (χ3n) is 3.55. The first kappa shape index (κ1) is 20.9. The van der Waals surface area contributed by atoms with Crippen LogP contribution in [0.15, 0.2) is 47.4 Å². The molecule has 1 N–H and O–H groups in total. The van der Waals surface area contributed by atoms with Crippen molar-refractivity contribution in [2.45, 2.75) is 6.54 Å². The van der Waals surface area contributed by atoms with E-state index in [1.54, 1.807) is 28.3 Å². The molecule has 0 aliphatic rings. The first-order chi connectivity index (χ1) is 14.0. The second kappa shape index (κ2) is 9.58. The predicted octanol–water partition coefficient (Wildman–Crippen LogP) is 3.05. The Labute approximate surface area is 177 Å². The summed E-state index contributed by atoms with van der Waals surface area (Å²) in [5, 5.41) is 15.9. The fourth-order valence-electron chi connectivity index (χ4n) is 2.38. The molecule has 0 aliphatic carbocycles. The SMILES string of the molecule is C=CCn1c(=NC(=O)CSCC(=O)Nc2nccs2)sc2cc([N+](=O)[O-])ccc21. The molecule has 0 fully saturated rings. The summed E-state index contributed by atoms with van der Waals surface area (Å²) in [5.74, 6) is -0.496. The number of thiazole rings is 2. The van der Waals surface area contributed by atoms with E-state index in [0.29, 0.717) is 21.2 Å². The normalized spacial score (nSPS) is 11.5. The van der Waals surface area contributed by atoms with Crippen LogP contribution in [0.3, 0.4) is 0 Å². The van der Waals surface area contributed by atoms with Gasteiger partial charge in [0, 0.05) is 30.3 Å². The lowest BCUT2D eigenvalue weighted by atomic mass is 10.3. The maximum atomic E-state index is 12.2. The summed E-state index contributed by atoms with van der Waals surface area (Å²) in [6.07, 6.45) is 3.25. The number of amides is 2. The number of fused-ring (bicyclic) bond motifs is 1. The number of rotatable bonds is 8. The lowest BCUT2D eigenvalue weighted by Gasteiger charge is -2.01. The van der Waals surface area contributed by atoms with Gasteiger partial charge in [-0.05, 0) is 6.07 Å². The van der Waals surface area contributed by atoms with Gasteiger partial charge in [-0.2, -0.15) is 4.99 Å². The monoisotopic (exact) mass is 449 g/mol. The molecule has 9 nitrogen and oxygen atoms in total. The summed E-state index contributed by atoms with van der Waals surface area (Å²) in [5.41, 5.74) is 0.715. The molecule has 29 heavy (non-hydrogen) atoms. The molecular formula is C17H15N5O4S3. The maximum absolute atomic E-state index is 12.2. The van der Waals surface area contributed by atoms with Crippen LogP contribution in [-0.2, 0) is 16.1 Å². The number of benzene rings is 1. The Morgan fingerprint density at radius 3 is 2.93 bits per heavy atom. The summed E-state index contributed by atoms with van der Waals surface area (Å²) in [4.78, 5) is 43.1. The number of thioether (sulfide) groups is 1. The third kappa shape index (κ3) is 5.37. The summed E-state index contributed by atoms with van der Waals surface area (Å²) >= 11 is 3.66. The second-order valence-corrected chi connectivity index (χ2v) is 8.47. The molecule has 0 radical (unpaired) electrons. The molecule has 12 heteroatoms. The van der Waals surface area contributed by atoms with Gasteiger partial charge in [0.05, 0.1) is 26.6 Å². The maximum Gasteiger partial charge on any atom is 0.270 e. The van der Waals surface area contributed by atoms with E-state index in [1.165, 1.54) is 34.8 Å². The average molecular weight is 450 g/mol. The highest BCUT2D eigenvalue weighted by Crippen LogP contribution is 2.23. The summed E-state index contributed by atoms with van der Waals surface area (Å²) in [6.45, 7) is 4.11. The van der Waals surface area contributed by atoms with E-state index in [0.717, 1.165) is 17.3 Å². The van der Waals surface area contributed by atoms with Crippen molar-refractivity contribution in [1.29, 1.82) is 0 Å². The average Bonchev–Trinajstić information content (AvgIpc) is 3.29. The molecule has 0 spiro atoms. The number of allylic oxidation sites excluding steroid dienone is 1. The van der Waals surface area contributed by atoms with Crippen molar-refractivity contribution in [3.8, 4) is 0 Å². The van der Waals surface area contributed by atoms with Crippen LogP contribution < -0.4 is 10.1 Å². The standard InChI is InChI=1S/C17H15N5O4S3/c1-2-6-21-12-4-3-11(22(25)26)8-13(12)29-17(21)20-15(24)10-27-9-14(23)19-16-18-5-7-28-16/h2-5,7-8H,1,6,9-10H2,(H,18,19,23). The van der Waals surface area contributed by atoms with Gasteiger partial charge in [0.15, 0.2) is 9.93 Å². The van der Waals surface area contributed by atoms with Gasteiger partial charge in [-0.1, -0.05) is 17.4 Å². The Morgan fingerprint density at radius 2 is 2.24 bits per heavy atom. The number of hydrogen-bond acceptors (Lipinski definition) is 8. The van der Waals surface area contributed by atoms with Crippen molar-refractivity contribution in [3.63, 3.8) is 0 Å². The minimum atomic E-state index is -0.466. The topological polar surface area (TPSA) is 119 Å². The van der Waals surface area contributed by atoms with Crippen LogP contribution in [0, 0.1) is 10.1 Å². The highest BCUT2D eigenvalue weighted by molar-refractivity contribution is 8.00. The number of carbonyl (C=O) groups excluding carboxylic acids is 2. The van der Waals surface area contributed by atoms with Crippen LogP contribution in [0.1, 0.15) is 0 Å². The highest BCUT2D eigenvalue weighted by atomic mass is 32.2. The Kier molecular flexibility index (Phi) is 6.90. The zero-order valence-electron chi connectivity index (χ0n) is 14.9. The highest BCUT2D eigenvalue weighted by Gasteiger charge is 2.12. The van der Waals surface area contributed by atoms with E-state index >= 15 is 0 Å². The Bertz CT molecular complexity index is 1130. The van der Waals surface area contributed by atoms with E-state index in [-0.39, 0.29) is 23.1 Å². The lowest BCUT2D eigenvalue weighted by Crippen LogP contribution is -2.18. The number of non-ortho nitro benzene ring substituents is 1. The zero-order chi connectivity index (χ0) is 20.8. The van der Waals surface area contributed by atoms with Crippen LogP contribution in [0.5, 0.6) is 0 Å². The minimum Gasteiger partial charge on any atom is -0.312 e. The number of anilines is 1. The quantitative estimate of drug-likeness (QED) is 0.321. The fraction of sp³-hybridized carbons (Fsp3) is 0.176. The van der Waals surface area contributed by atoms with Crippen molar-refractivity contribution >= 4 is 67.3 Å². The van der Waals surface area contributed by atoms with Crippen LogP contribution in [0.4, 0.5) is 10.8 Å². The summed E-state index contributed by atoms with van der Waals surface area (Å²) in [6, 6.07) is 4.51. The zero-order valence-corrected chi connectivity index (χ0v) is 17.4. The molecule has 1 aromatic carbocycles. The molecule has 0 atom stereocenters. The fourth-order valence-corrected chi connectivity index (χ4v) is 4.61. The van der Waals surface area contributed by atoms with Gasteiger partial charge in [0.25, 0.3) is 11.6 Å². The second-order valence-electron chi connectivity index (χ2n) is 5.58. The molecule has 2 aromatic heterocycles. The van der Waals surface area contributed by atoms with E-state index < -0.39 is 10.8 Å². The van der Waals surface area contributed by atoms with E-state index in [4.69, 9.17) is 0 Å². The molecule has 0 saturated heterocycles. The molecular weight excluding hydrogens is 434 g/mol. The van der Waals surface area contributed by atoms with E-state index in [1.807, 2.05) is 0 Å². The molecule has 0 aliphatic heterocycles. The van der Waals surface area contributed by atoms with E-state index in [2.05, 4.69) is 21.9 Å². The molecule has 2 amide bonds.